The van der Waals surface area contributed by atoms with Gasteiger partial charge in [-0.05, 0) is 18.3 Å². The molecular formula is C22H42O4. The number of hydrogen-bond acceptors (Lipinski definition) is 2. The van der Waals surface area contributed by atoms with Crippen LogP contribution in [0.4, 0.5) is 0 Å². The molecule has 0 aliphatic carbocycles. The zero-order chi connectivity index (χ0) is 19.8. The lowest BCUT2D eigenvalue weighted by molar-refractivity contribution is -0.154. The summed E-state index contributed by atoms with van der Waals surface area (Å²) in [5.74, 6) is -2.04. The minimum absolute atomic E-state index is 0.247. The van der Waals surface area contributed by atoms with E-state index in [0.29, 0.717) is 6.42 Å². The van der Waals surface area contributed by atoms with E-state index >= 15 is 0 Å². The van der Waals surface area contributed by atoms with Crippen molar-refractivity contribution in [1.29, 1.82) is 0 Å². The quantitative estimate of drug-likeness (QED) is 0.212. The number of carboxylic acid groups (broad SMARTS) is 2. The average Bonchev–Trinajstić information content (AvgIpc) is 2.57. The highest BCUT2D eigenvalue weighted by Crippen LogP contribution is 2.21. The van der Waals surface area contributed by atoms with Crippen molar-refractivity contribution in [2.75, 3.05) is 0 Å². The van der Waals surface area contributed by atoms with Crippen molar-refractivity contribution in [3.8, 4) is 0 Å². The highest BCUT2D eigenvalue weighted by atomic mass is 16.4. The summed E-state index contributed by atoms with van der Waals surface area (Å²) in [6, 6.07) is 0. The van der Waals surface area contributed by atoms with Gasteiger partial charge in [0.2, 0.25) is 0 Å². The Balaban J connectivity index is 3.53. The zero-order valence-corrected chi connectivity index (χ0v) is 17.3. The Kier molecular flexibility index (Phi) is 15.5. The van der Waals surface area contributed by atoms with Crippen LogP contribution in [0.1, 0.15) is 111 Å². The van der Waals surface area contributed by atoms with Crippen LogP contribution in [-0.4, -0.2) is 22.2 Å². The molecular weight excluding hydrogens is 328 g/mol. The van der Waals surface area contributed by atoms with E-state index < -0.39 is 17.9 Å². The van der Waals surface area contributed by atoms with Crippen molar-refractivity contribution < 1.29 is 19.8 Å². The topological polar surface area (TPSA) is 74.6 Å². The molecule has 4 heteroatoms. The second-order valence-electron chi connectivity index (χ2n) is 8.21. The first-order chi connectivity index (χ1) is 12.4. The fourth-order valence-electron chi connectivity index (χ4n) is 3.56. The lowest BCUT2D eigenvalue weighted by Crippen LogP contribution is -2.23. The summed E-state index contributed by atoms with van der Waals surface area (Å²) in [6.07, 6.45) is 16.1. The molecule has 0 saturated heterocycles. The van der Waals surface area contributed by atoms with Crippen molar-refractivity contribution in [3.05, 3.63) is 0 Å². The van der Waals surface area contributed by atoms with Gasteiger partial charge in [-0.15, -0.1) is 0 Å². The summed E-state index contributed by atoms with van der Waals surface area (Å²) in [5, 5.41) is 17.7. The molecule has 0 aromatic heterocycles. The van der Waals surface area contributed by atoms with Gasteiger partial charge in [0.1, 0.15) is 0 Å². The minimum Gasteiger partial charge on any atom is -0.481 e. The zero-order valence-electron chi connectivity index (χ0n) is 17.3. The molecule has 154 valence electrons. The molecule has 0 fully saturated rings. The lowest BCUT2D eigenvalue weighted by Gasteiger charge is -2.13. The first kappa shape index (κ1) is 24.9. The molecule has 0 rings (SSSR count). The predicted molar refractivity (Wildman–Crippen MR) is 107 cm³/mol. The molecule has 26 heavy (non-hydrogen) atoms. The molecule has 0 aromatic rings. The first-order valence-electron chi connectivity index (χ1n) is 10.8. The van der Waals surface area contributed by atoms with Crippen molar-refractivity contribution in [1.82, 2.24) is 0 Å². The molecule has 0 amide bonds. The summed E-state index contributed by atoms with van der Waals surface area (Å²) in [7, 11) is 0. The molecule has 0 radical (unpaired) electrons. The fourth-order valence-corrected chi connectivity index (χ4v) is 3.56. The van der Waals surface area contributed by atoms with Crippen LogP contribution in [0.25, 0.3) is 0 Å². The van der Waals surface area contributed by atoms with E-state index in [0.717, 1.165) is 24.7 Å². The summed E-state index contributed by atoms with van der Waals surface area (Å²) >= 11 is 0. The van der Waals surface area contributed by atoms with E-state index in [1.807, 2.05) is 0 Å². The maximum absolute atomic E-state index is 10.8. The average molecular weight is 371 g/mol. The molecule has 0 bridgehead atoms. The van der Waals surface area contributed by atoms with Gasteiger partial charge in [-0.25, -0.2) is 0 Å². The Morgan fingerprint density at radius 3 is 1.35 bits per heavy atom. The third kappa shape index (κ3) is 14.1. The van der Waals surface area contributed by atoms with E-state index in [1.165, 1.54) is 64.2 Å². The van der Waals surface area contributed by atoms with E-state index in [1.54, 1.807) is 0 Å². The molecule has 0 spiro atoms. The fraction of sp³-hybridized carbons (Fsp3) is 0.909. The van der Waals surface area contributed by atoms with Crippen molar-refractivity contribution in [3.63, 3.8) is 0 Å². The summed E-state index contributed by atoms with van der Waals surface area (Å²) < 4.78 is 0. The van der Waals surface area contributed by atoms with Crippen LogP contribution in [0, 0.1) is 17.8 Å². The Morgan fingerprint density at radius 2 is 0.962 bits per heavy atom. The smallest absolute Gasteiger partial charge is 0.317 e. The van der Waals surface area contributed by atoms with Gasteiger partial charge in [0.25, 0.3) is 0 Å². The van der Waals surface area contributed by atoms with Crippen molar-refractivity contribution in [2.45, 2.75) is 111 Å². The third-order valence-electron chi connectivity index (χ3n) is 5.48. The molecule has 2 unspecified atom stereocenters. The second-order valence-corrected chi connectivity index (χ2v) is 8.21. The van der Waals surface area contributed by atoms with Gasteiger partial charge in [-0.2, -0.15) is 0 Å². The molecule has 2 N–H and O–H groups in total. The van der Waals surface area contributed by atoms with E-state index in [9.17, 15) is 9.59 Å². The Hall–Kier alpha value is -1.06. The second kappa shape index (κ2) is 16.1. The normalized spacial score (nSPS) is 13.7. The summed E-state index contributed by atoms with van der Waals surface area (Å²) in [6.45, 7) is 6.98. The van der Waals surface area contributed by atoms with Crippen LogP contribution in [0.2, 0.25) is 0 Å². The van der Waals surface area contributed by atoms with Gasteiger partial charge >= 0.3 is 11.9 Å². The largest absolute Gasteiger partial charge is 0.481 e. The SMILES string of the molecule is CCCCCC(C)CCCCC(C)CCCCCCC(C(=O)O)C(=O)O. The third-order valence-corrected chi connectivity index (χ3v) is 5.48. The summed E-state index contributed by atoms with van der Waals surface area (Å²) in [5.41, 5.74) is 0. The molecule has 0 aromatic carbocycles. The minimum atomic E-state index is -1.24. The van der Waals surface area contributed by atoms with E-state index in [2.05, 4.69) is 20.8 Å². The van der Waals surface area contributed by atoms with Gasteiger partial charge in [-0.1, -0.05) is 104 Å². The Labute approximate surface area is 160 Å². The standard InChI is InChI=1S/C22H42O4/c1-4-5-8-13-18(2)15-11-12-16-19(3)14-9-6-7-10-17-20(21(23)24)22(25)26/h18-20H,4-17H2,1-3H3,(H,23,24)(H,25,26). The molecule has 2 atom stereocenters. The Bertz CT molecular complexity index is 353. The van der Waals surface area contributed by atoms with Gasteiger partial charge in [0.15, 0.2) is 5.92 Å². The highest BCUT2D eigenvalue weighted by Gasteiger charge is 2.24. The van der Waals surface area contributed by atoms with E-state index in [4.69, 9.17) is 10.2 Å². The van der Waals surface area contributed by atoms with Crippen LogP contribution < -0.4 is 0 Å². The Morgan fingerprint density at radius 1 is 0.615 bits per heavy atom. The van der Waals surface area contributed by atoms with Crippen molar-refractivity contribution >= 4 is 11.9 Å². The number of rotatable bonds is 18. The van der Waals surface area contributed by atoms with Gasteiger partial charge < -0.3 is 10.2 Å². The number of carboxylic acids is 2. The van der Waals surface area contributed by atoms with Crippen LogP contribution in [-0.2, 0) is 9.59 Å². The van der Waals surface area contributed by atoms with Crippen LogP contribution in [0.5, 0.6) is 0 Å². The number of unbranched alkanes of at least 4 members (excludes halogenated alkanes) is 6. The van der Waals surface area contributed by atoms with Crippen LogP contribution in [0.15, 0.2) is 0 Å². The van der Waals surface area contributed by atoms with Crippen molar-refractivity contribution in [2.24, 2.45) is 17.8 Å². The van der Waals surface area contributed by atoms with Gasteiger partial charge in [0, 0.05) is 0 Å². The lowest BCUT2D eigenvalue weighted by atomic mass is 9.93. The molecule has 0 aliphatic heterocycles. The molecule has 4 nitrogen and oxygen atoms in total. The number of carbonyl (C=O) groups is 2. The van der Waals surface area contributed by atoms with Crippen LogP contribution in [0.3, 0.4) is 0 Å². The monoisotopic (exact) mass is 370 g/mol. The number of hydrogen-bond donors (Lipinski definition) is 2. The van der Waals surface area contributed by atoms with E-state index in [-0.39, 0.29) is 6.42 Å². The molecule has 0 saturated carbocycles. The maximum Gasteiger partial charge on any atom is 0.317 e. The van der Waals surface area contributed by atoms with Crippen LogP contribution >= 0.6 is 0 Å². The molecule has 0 aliphatic rings. The molecule has 0 heterocycles. The van der Waals surface area contributed by atoms with Gasteiger partial charge in [-0.3, -0.25) is 9.59 Å². The van der Waals surface area contributed by atoms with Gasteiger partial charge in [0.05, 0.1) is 0 Å². The summed E-state index contributed by atoms with van der Waals surface area (Å²) in [4.78, 5) is 21.6. The first-order valence-corrected chi connectivity index (χ1v) is 10.8. The highest BCUT2D eigenvalue weighted by molar-refractivity contribution is 5.92. The predicted octanol–water partition coefficient (Wildman–Crippen LogP) is 6.53. The number of aliphatic carboxylic acids is 2. The maximum atomic E-state index is 10.8.